The van der Waals surface area contributed by atoms with Crippen LogP contribution in [0.5, 0.6) is 5.75 Å². The highest BCUT2D eigenvalue weighted by Gasteiger charge is 2.25. The van der Waals surface area contributed by atoms with Crippen molar-refractivity contribution in [3.8, 4) is 5.75 Å². The van der Waals surface area contributed by atoms with Crippen molar-refractivity contribution in [3.05, 3.63) is 35.8 Å². The molecule has 0 spiro atoms. The van der Waals surface area contributed by atoms with E-state index in [-0.39, 0.29) is 16.0 Å². The van der Waals surface area contributed by atoms with E-state index in [1.165, 1.54) is 12.3 Å². The number of nitrogens with one attached hydrogen (secondary N) is 1. The van der Waals surface area contributed by atoms with Crippen LogP contribution >= 0.6 is 11.3 Å². The highest BCUT2D eigenvalue weighted by atomic mass is 32.2. The molecule has 2 heterocycles. The summed E-state index contributed by atoms with van der Waals surface area (Å²) in [6.07, 6.45) is 1.83. The monoisotopic (exact) mass is 329 g/mol. The van der Waals surface area contributed by atoms with Gasteiger partial charge >= 0.3 is 0 Å². The summed E-state index contributed by atoms with van der Waals surface area (Å²) in [7, 11) is -3.76. The predicted octanol–water partition coefficient (Wildman–Crippen LogP) is 1.87. The molecule has 1 aliphatic heterocycles. The maximum Gasteiger partial charge on any atom is 0.249 e. The third-order valence-electron chi connectivity index (χ3n) is 3.09. The van der Waals surface area contributed by atoms with Gasteiger partial charge in [0.2, 0.25) is 10.0 Å². The second kappa shape index (κ2) is 5.24. The molecule has 0 unspecified atom stereocenters. The van der Waals surface area contributed by atoms with Gasteiger partial charge in [0.15, 0.2) is 20.9 Å². The summed E-state index contributed by atoms with van der Waals surface area (Å²) in [5, 5.41) is 8.56. The zero-order valence-electron chi connectivity index (χ0n) is 10.7. The summed E-state index contributed by atoms with van der Waals surface area (Å²) in [6, 6.07) is 4.52. The number of ether oxygens (including phenoxy) is 1. The number of fused-ring (bicyclic) bond motifs is 1. The first-order valence-corrected chi connectivity index (χ1v) is 8.48. The molecular formula is C12H12FN3O3S2. The number of anilines is 1. The van der Waals surface area contributed by atoms with Crippen molar-refractivity contribution < 1.29 is 17.5 Å². The minimum atomic E-state index is -3.76. The van der Waals surface area contributed by atoms with E-state index in [0.717, 1.165) is 11.3 Å². The topological polar surface area (TPSA) is 94.3 Å². The van der Waals surface area contributed by atoms with Crippen LogP contribution < -0.4 is 15.2 Å². The van der Waals surface area contributed by atoms with Gasteiger partial charge in [0.25, 0.3) is 0 Å². The van der Waals surface area contributed by atoms with E-state index in [1.54, 1.807) is 12.1 Å². The Kier molecular flexibility index (Phi) is 3.56. The molecular weight excluding hydrogens is 317 g/mol. The van der Waals surface area contributed by atoms with Crippen molar-refractivity contribution in [1.29, 1.82) is 0 Å². The van der Waals surface area contributed by atoms with Crippen LogP contribution in [0.25, 0.3) is 0 Å². The van der Waals surface area contributed by atoms with Crippen molar-refractivity contribution in [2.45, 2.75) is 16.7 Å². The van der Waals surface area contributed by atoms with E-state index in [0.29, 0.717) is 23.7 Å². The maximum absolute atomic E-state index is 13.7. The van der Waals surface area contributed by atoms with Crippen molar-refractivity contribution in [2.75, 3.05) is 11.9 Å². The molecule has 1 aliphatic rings. The lowest BCUT2D eigenvalue weighted by Gasteiger charge is -2.26. The Balaban J connectivity index is 1.87. The van der Waals surface area contributed by atoms with Crippen molar-refractivity contribution in [2.24, 2.45) is 5.14 Å². The number of hydrogen-bond donors (Lipinski definition) is 2. The molecule has 0 saturated carbocycles. The van der Waals surface area contributed by atoms with Gasteiger partial charge < -0.3 is 10.1 Å². The summed E-state index contributed by atoms with van der Waals surface area (Å²) in [4.78, 5) is 3.99. The number of rotatable bonds is 3. The Bertz CT molecular complexity index is 776. The number of halogens is 1. The number of para-hydroxylation sites is 1. The van der Waals surface area contributed by atoms with Crippen LogP contribution in [-0.2, 0) is 10.0 Å². The molecule has 0 saturated heterocycles. The molecule has 0 aliphatic carbocycles. The lowest BCUT2D eigenvalue weighted by atomic mass is 10.0. The third-order valence-corrected chi connectivity index (χ3v) is 5.42. The van der Waals surface area contributed by atoms with Crippen LogP contribution in [0, 0.1) is 5.82 Å². The van der Waals surface area contributed by atoms with Gasteiger partial charge in [-0.15, -0.1) is 0 Å². The van der Waals surface area contributed by atoms with Crippen LogP contribution in [0.3, 0.4) is 0 Å². The van der Waals surface area contributed by atoms with Gasteiger partial charge in [-0.2, -0.15) is 0 Å². The Hall–Kier alpha value is -1.71. The van der Waals surface area contributed by atoms with E-state index in [1.807, 2.05) is 0 Å². The average molecular weight is 329 g/mol. The van der Waals surface area contributed by atoms with Crippen LogP contribution in [0.1, 0.15) is 18.0 Å². The highest BCUT2D eigenvalue weighted by molar-refractivity contribution is 7.91. The summed E-state index contributed by atoms with van der Waals surface area (Å²) < 4.78 is 41.5. The van der Waals surface area contributed by atoms with Gasteiger partial charge in [-0.3, -0.25) is 0 Å². The van der Waals surface area contributed by atoms with E-state index in [2.05, 4.69) is 10.3 Å². The number of nitrogens with zero attached hydrogens (tertiary/aromatic N) is 1. The number of aromatic nitrogens is 1. The summed E-state index contributed by atoms with van der Waals surface area (Å²) in [5.41, 5.74) is 0.689. The lowest BCUT2D eigenvalue weighted by molar-refractivity contribution is 0.260. The SMILES string of the molecule is NS(=O)(=O)c1cnc(N[C@H]2CCOc3c(F)cccc32)s1. The van der Waals surface area contributed by atoms with Crippen LogP contribution in [0.15, 0.2) is 28.6 Å². The lowest BCUT2D eigenvalue weighted by Crippen LogP contribution is -2.21. The second-order valence-corrected chi connectivity index (χ2v) is 7.34. The first-order chi connectivity index (χ1) is 9.95. The Morgan fingerprint density at radius 3 is 3.00 bits per heavy atom. The normalized spacial score (nSPS) is 17.9. The smallest absolute Gasteiger partial charge is 0.249 e. The number of benzene rings is 1. The average Bonchev–Trinajstić information content (AvgIpc) is 2.89. The van der Waals surface area contributed by atoms with E-state index >= 15 is 0 Å². The molecule has 21 heavy (non-hydrogen) atoms. The van der Waals surface area contributed by atoms with Crippen LogP contribution in [0.4, 0.5) is 9.52 Å². The zero-order valence-corrected chi connectivity index (χ0v) is 12.4. The second-order valence-electron chi connectivity index (χ2n) is 4.52. The number of nitrogens with two attached hydrogens (primary N) is 1. The number of thiazole rings is 1. The minimum Gasteiger partial charge on any atom is -0.490 e. The third kappa shape index (κ3) is 2.85. The molecule has 1 atom stereocenters. The Morgan fingerprint density at radius 2 is 2.29 bits per heavy atom. The van der Waals surface area contributed by atoms with Crippen molar-refractivity contribution in [3.63, 3.8) is 0 Å². The summed E-state index contributed by atoms with van der Waals surface area (Å²) in [5.74, 6) is -0.187. The molecule has 6 nitrogen and oxygen atoms in total. The number of hydrogen-bond acceptors (Lipinski definition) is 6. The molecule has 2 aromatic rings. The van der Waals surface area contributed by atoms with Gasteiger partial charge in [0.1, 0.15) is 0 Å². The fraction of sp³-hybridized carbons (Fsp3) is 0.250. The summed E-state index contributed by atoms with van der Waals surface area (Å²) in [6.45, 7) is 0.374. The first-order valence-electron chi connectivity index (χ1n) is 6.11. The predicted molar refractivity (Wildman–Crippen MR) is 76.4 cm³/mol. The van der Waals surface area contributed by atoms with Crippen molar-refractivity contribution >= 4 is 26.5 Å². The van der Waals surface area contributed by atoms with Gasteiger partial charge in [-0.05, 0) is 6.07 Å². The van der Waals surface area contributed by atoms with Crippen LogP contribution in [0.2, 0.25) is 0 Å². The van der Waals surface area contributed by atoms with E-state index in [9.17, 15) is 12.8 Å². The fourth-order valence-corrected chi connectivity index (χ4v) is 3.65. The largest absolute Gasteiger partial charge is 0.490 e. The minimum absolute atomic E-state index is 0.0171. The van der Waals surface area contributed by atoms with Crippen LogP contribution in [-0.4, -0.2) is 20.0 Å². The molecule has 0 amide bonds. The molecule has 1 aromatic heterocycles. The van der Waals surface area contributed by atoms with Gasteiger partial charge in [0, 0.05) is 12.0 Å². The Morgan fingerprint density at radius 1 is 1.48 bits per heavy atom. The molecule has 3 N–H and O–H groups in total. The van der Waals surface area contributed by atoms with Gasteiger partial charge in [0.05, 0.1) is 18.8 Å². The number of sulfonamides is 1. The van der Waals surface area contributed by atoms with Crippen molar-refractivity contribution in [1.82, 2.24) is 4.98 Å². The maximum atomic E-state index is 13.7. The first kappa shape index (κ1) is 14.2. The van der Waals surface area contributed by atoms with Gasteiger partial charge in [-0.25, -0.2) is 22.9 Å². The molecule has 0 bridgehead atoms. The molecule has 1 aromatic carbocycles. The van der Waals surface area contributed by atoms with Gasteiger partial charge in [-0.1, -0.05) is 23.5 Å². The molecule has 0 fully saturated rings. The van der Waals surface area contributed by atoms with E-state index in [4.69, 9.17) is 9.88 Å². The quantitative estimate of drug-likeness (QED) is 0.896. The molecule has 112 valence electrons. The molecule has 3 rings (SSSR count). The number of primary sulfonamides is 1. The Labute approximate surface area is 124 Å². The molecule has 0 radical (unpaired) electrons. The summed E-state index contributed by atoms with van der Waals surface area (Å²) >= 11 is 0.943. The van der Waals surface area contributed by atoms with E-state index < -0.39 is 15.8 Å². The molecule has 9 heteroatoms. The highest BCUT2D eigenvalue weighted by Crippen LogP contribution is 2.36. The zero-order chi connectivity index (χ0) is 15.0. The standard InChI is InChI=1S/C12H12FN3O3S2/c13-8-3-1-2-7-9(4-5-19-11(7)8)16-12-15-6-10(20-12)21(14,17)18/h1-3,6,9H,4-5H2,(H,15,16)(H2,14,17,18)/t9-/m0/s1. The fourth-order valence-electron chi connectivity index (χ4n) is 2.14.